The monoisotopic (exact) mass is 339 g/mol. The van der Waals surface area contributed by atoms with E-state index >= 15 is 0 Å². The lowest BCUT2D eigenvalue weighted by Gasteiger charge is -2.42. The molecule has 0 bridgehead atoms. The number of imidazole rings is 1. The van der Waals surface area contributed by atoms with E-state index < -0.39 is 0 Å². The minimum Gasteiger partial charge on any atom is -0.336 e. The van der Waals surface area contributed by atoms with Gasteiger partial charge in [0.2, 0.25) is 17.8 Å². The molecule has 7 heteroatoms. The predicted molar refractivity (Wildman–Crippen MR) is 93.3 cm³/mol. The number of para-hydroxylation sites is 1. The predicted octanol–water partition coefficient (Wildman–Crippen LogP) is 0.973. The molecule has 2 fully saturated rings. The van der Waals surface area contributed by atoms with Crippen molar-refractivity contribution >= 4 is 17.8 Å². The third kappa shape index (κ3) is 3.02. The van der Waals surface area contributed by atoms with E-state index in [4.69, 9.17) is 0 Å². The average molecular weight is 339 g/mol. The molecule has 2 aliphatic rings. The molecule has 0 radical (unpaired) electrons. The molecule has 0 aliphatic carbocycles. The standard InChI is InChI=1S/C18H21N5O2/c1-21-11-15(12-21)23-10-13(9-16(23)24)17(25)20-18-19-7-8-22(18)14-5-3-2-4-6-14/h2-8,13,15H,9-12H2,1H3,(H,19,20,25). The lowest BCUT2D eigenvalue weighted by molar-refractivity contribution is -0.132. The molecular formula is C18H21N5O2. The van der Waals surface area contributed by atoms with Gasteiger partial charge in [0.1, 0.15) is 0 Å². The van der Waals surface area contributed by atoms with E-state index in [-0.39, 0.29) is 30.2 Å². The largest absolute Gasteiger partial charge is 0.336 e. The number of amides is 2. The number of likely N-dealkylation sites (N-methyl/N-ethyl adjacent to an activating group) is 1. The first kappa shape index (κ1) is 15.8. The smallest absolute Gasteiger partial charge is 0.232 e. The molecule has 1 aromatic heterocycles. The minimum absolute atomic E-state index is 0.0738. The third-order valence-corrected chi connectivity index (χ3v) is 4.92. The molecule has 25 heavy (non-hydrogen) atoms. The van der Waals surface area contributed by atoms with Crippen LogP contribution in [0.25, 0.3) is 5.69 Å². The van der Waals surface area contributed by atoms with E-state index in [0.717, 1.165) is 18.8 Å². The molecule has 1 atom stereocenters. The summed E-state index contributed by atoms with van der Waals surface area (Å²) in [4.78, 5) is 33.1. The number of nitrogens with one attached hydrogen (secondary N) is 1. The average Bonchev–Trinajstić information content (AvgIpc) is 3.19. The van der Waals surface area contributed by atoms with Crippen molar-refractivity contribution in [3.63, 3.8) is 0 Å². The molecule has 1 N–H and O–H groups in total. The Kier molecular flexibility index (Phi) is 4.01. The SMILES string of the molecule is CN1CC(N2CC(C(=O)Nc3nccn3-c3ccccc3)CC2=O)C1. The van der Waals surface area contributed by atoms with Gasteiger partial charge in [-0.3, -0.25) is 19.5 Å². The number of nitrogens with zero attached hydrogens (tertiary/aromatic N) is 4. The van der Waals surface area contributed by atoms with Gasteiger partial charge in [-0.25, -0.2) is 4.98 Å². The van der Waals surface area contributed by atoms with Gasteiger partial charge in [-0.05, 0) is 19.2 Å². The Labute approximate surface area is 146 Å². The second kappa shape index (κ2) is 6.33. The van der Waals surface area contributed by atoms with E-state index in [1.165, 1.54) is 0 Å². The first-order chi connectivity index (χ1) is 12.1. The second-order valence-electron chi connectivity index (χ2n) is 6.77. The molecule has 7 nitrogen and oxygen atoms in total. The summed E-state index contributed by atoms with van der Waals surface area (Å²) in [5.41, 5.74) is 0.928. The second-order valence-corrected chi connectivity index (χ2v) is 6.77. The summed E-state index contributed by atoms with van der Waals surface area (Å²) in [7, 11) is 2.03. The topological polar surface area (TPSA) is 70.5 Å². The molecule has 3 heterocycles. The van der Waals surface area contributed by atoms with Crippen molar-refractivity contribution in [1.82, 2.24) is 19.4 Å². The fraction of sp³-hybridized carbons (Fsp3) is 0.389. The van der Waals surface area contributed by atoms with Crippen molar-refractivity contribution in [3.8, 4) is 5.69 Å². The van der Waals surface area contributed by atoms with Crippen LogP contribution in [0.1, 0.15) is 6.42 Å². The normalized spacial score (nSPS) is 21.4. The Morgan fingerprint density at radius 3 is 2.68 bits per heavy atom. The van der Waals surface area contributed by atoms with Gasteiger partial charge < -0.3 is 9.80 Å². The van der Waals surface area contributed by atoms with Gasteiger partial charge in [0.05, 0.1) is 12.0 Å². The van der Waals surface area contributed by atoms with Gasteiger partial charge in [-0.15, -0.1) is 0 Å². The molecule has 2 aliphatic heterocycles. The lowest BCUT2D eigenvalue weighted by atomic mass is 10.1. The van der Waals surface area contributed by atoms with E-state index in [1.54, 1.807) is 12.4 Å². The lowest BCUT2D eigenvalue weighted by Crippen LogP contribution is -2.58. The maximum atomic E-state index is 12.6. The van der Waals surface area contributed by atoms with Crippen LogP contribution in [0, 0.1) is 5.92 Å². The van der Waals surface area contributed by atoms with Crippen LogP contribution in [0.5, 0.6) is 0 Å². The first-order valence-corrected chi connectivity index (χ1v) is 8.49. The van der Waals surface area contributed by atoms with Crippen molar-refractivity contribution < 1.29 is 9.59 Å². The zero-order valence-corrected chi connectivity index (χ0v) is 14.1. The van der Waals surface area contributed by atoms with E-state index in [0.29, 0.717) is 12.5 Å². The highest BCUT2D eigenvalue weighted by Crippen LogP contribution is 2.25. The summed E-state index contributed by atoms with van der Waals surface area (Å²) in [5, 5.41) is 2.88. The van der Waals surface area contributed by atoms with Crippen molar-refractivity contribution in [2.75, 3.05) is 32.0 Å². The molecule has 0 spiro atoms. The summed E-state index contributed by atoms with van der Waals surface area (Å²) in [5.74, 6) is 0.0846. The molecular weight excluding hydrogens is 318 g/mol. The summed E-state index contributed by atoms with van der Waals surface area (Å²) in [6.07, 6.45) is 3.73. The van der Waals surface area contributed by atoms with Gasteiger partial charge >= 0.3 is 0 Å². The maximum Gasteiger partial charge on any atom is 0.232 e. The van der Waals surface area contributed by atoms with Crippen LogP contribution in [0.4, 0.5) is 5.95 Å². The highest BCUT2D eigenvalue weighted by molar-refractivity contribution is 5.96. The van der Waals surface area contributed by atoms with Crippen LogP contribution in [-0.2, 0) is 9.59 Å². The Balaban J connectivity index is 1.43. The van der Waals surface area contributed by atoms with Crippen LogP contribution in [0.3, 0.4) is 0 Å². The quantitative estimate of drug-likeness (QED) is 0.901. The molecule has 130 valence electrons. The van der Waals surface area contributed by atoms with Gasteiger partial charge in [-0.1, -0.05) is 18.2 Å². The van der Waals surface area contributed by atoms with Crippen molar-refractivity contribution in [3.05, 3.63) is 42.7 Å². The fourth-order valence-electron chi connectivity index (χ4n) is 3.53. The molecule has 2 saturated heterocycles. The number of hydrogen-bond donors (Lipinski definition) is 1. The van der Waals surface area contributed by atoms with Gasteiger partial charge in [0.25, 0.3) is 0 Å². The van der Waals surface area contributed by atoms with Crippen LogP contribution in [0.2, 0.25) is 0 Å². The summed E-state index contributed by atoms with van der Waals surface area (Å²) in [6, 6.07) is 9.96. The molecule has 1 unspecified atom stereocenters. The number of likely N-dealkylation sites (tertiary alicyclic amines) is 2. The van der Waals surface area contributed by atoms with E-state index in [9.17, 15) is 9.59 Å². The summed E-state index contributed by atoms with van der Waals surface area (Å²) >= 11 is 0. The number of carbonyl (C=O) groups excluding carboxylic acids is 2. The number of benzene rings is 1. The molecule has 4 rings (SSSR count). The molecule has 2 aromatic rings. The Bertz CT molecular complexity index is 782. The highest BCUT2D eigenvalue weighted by atomic mass is 16.2. The Morgan fingerprint density at radius 2 is 1.96 bits per heavy atom. The van der Waals surface area contributed by atoms with Crippen molar-refractivity contribution in [1.29, 1.82) is 0 Å². The van der Waals surface area contributed by atoms with Crippen molar-refractivity contribution in [2.24, 2.45) is 5.92 Å². The van der Waals surface area contributed by atoms with Gasteiger partial charge in [0.15, 0.2) is 0 Å². The van der Waals surface area contributed by atoms with E-state index in [2.05, 4.69) is 15.2 Å². The van der Waals surface area contributed by atoms with E-state index in [1.807, 2.05) is 46.8 Å². The Morgan fingerprint density at radius 1 is 1.20 bits per heavy atom. The van der Waals surface area contributed by atoms with Gasteiger partial charge in [0, 0.05) is 44.1 Å². The number of anilines is 1. The maximum absolute atomic E-state index is 12.6. The van der Waals surface area contributed by atoms with Crippen molar-refractivity contribution in [2.45, 2.75) is 12.5 Å². The zero-order valence-electron chi connectivity index (χ0n) is 14.1. The van der Waals surface area contributed by atoms with Crippen LogP contribution in [0.15, 0.2) is 42.7 Å². The number of carbonyl (C=O) groups is 2. The summed E-state index contributed by atoms with van der Waals surface area (Å²) < 4.78 is 1.83. The highest BCUT2D eigenvalue weighted by Gasteiger charge is 2.41. The van der Waals surface area contributed by atoms with Crippen LogP contribution in [-0.4, -0.2) is 63.9 Å². The molecule has 2 amide bonds. The number of aromatic nitrogens is 2. The number of rotatable bonds is 4. The first-order valence-electron chi connectivity index (χ1n) is 8.49. The fourth-order valence-corrected chi connectivity index (χ4v) is 3.53. The Hall–Kier alpha value is -2.67. The molecule has 0 saturated carbocycles. The minimum atomic E-state index is -0.320. The van der Waals surface area contributed by atoms with Crippen LogP contribution < -0.4 is 5.32 Å². The van der Waals surface area contributed by atoms with Gasteiger partial charge in [-0.2, -0.15) is 0 Å². The molecule has 1 aromatic carbocycles. The summed E-state index contributed by atoms with van der Waals surface area (Å²) in [6.45, 7) is 2.27. The zero-order chi connectivity index (χ0) is 17.4. The number of hydrogen-bond acceptors (Lipinski definition) is 4. The third-order valence-electron chi connectivity index (χ3n) is 4.92. The van der Waals surface area contributed by atoms with Crippen LogP contribution >= 0.6 is 0 Å².